The Balaban J connectivity index is 0. The van der Waals surface area contributed by atoms with Gasteiger partial charge in [0.25, 0.3) is 0 Å². The minimum absolute atomic E-state index is 0.556. The van der Waals surface area contributed by atoms with E-state index in [1.54, 1.807) is 0 Å². The number of hydrogen-bond acceptors (Lipinski definition) is 0. The summed E-state index contributed by atoms with van der Waals surface area (Å²) in [6.45, 7) is 0. The van der Waals surface area contributed by atoms with Crippen LogP contribution in [0.4, 0.5) is 0 Å². The molecule has 28 valence electrons. The summed E-state index contributed by atoms with van der Waals surface area (Å²) in [5.74, 6) is 0. The summed E-state index contributed by atoms with van der Waals surface area (Å²) in [5.41, 5.74) is 0. The third-order valence-corrected chi connectivity index (χ3v) is 0. The Morgan fingerprint density at radius 1 is 1.20 bits per heavy atom. The monoisotopic (exact) mass is 144 g/mol. The van der Waals surface area contributed by atoms with E-state index < -0.39 is 17.0 Å². The van der Waals surface area contributed by atoms with Crippen molar-refractivity contribution in [3.8, 4) is 0 Å². The van der Waals surface area contributed by atoms with Crippen LogP contribution >= 0.6 is 18.6 Å². The van der Waals surface area contributed by atoms with E-state index >= 15 is 0 Å². The van der Waals surface area contributed by atoms with Crippen molar-refractivity contribution in [1.82, 2.24) is 0 Å². The number of halogens is 2. The molecule has 0 aromatic heterocycles. The molecular weight excluding hydrogens is 140 g/mol. The van der Waals surface area contributed by atoms with Crippen LogP contribution in [0.15, 0.2) is 0 Å². The third kappa shape index (κ3) is 31.4. The molecule has 0 nitrogen and oxygen atoms in total. The van der Waals surface area contributed by atoms with E-state index in [0.29, 0.717) is 0 Å². The molecule has 0 aromatic rings. The van der Waals surface area contributed by atoms with Crippen molar-refractivity contribution in [2.45, 2.75) is 0 Å². The summed E-state index contributed by atoms with van der Waals surface area (Å²) >= 11 is -0.556. The van der Waals surface area contributed by atoms with Gasteiger partial charge in [-0.3, -0.25) is 0 Å². The zero-order valence-corrected chi connectivity index (χ0v) is 6.33. The molecule has 5 heavy (non-hydrogen) atoms. The van der Waals surface area contributed by atoms with Crippen molar-refractivity contribution in [2.75, 3.05) is 0 Å². The van der Waals surface area contributed by atoms with E-state index in [2.05, 4.69) is 0 Å². The Labute approximate surface area is 51.1 Å². The van der Waals surface area contributed by atoms with E-state index in [1.807, 2.05) is 15.5 Å². The summed E-state index contributed by atoms with van der Waals surface area (Å²) in [7, 11) is 13.8. The quantitative estimate of drug-likeness (QED) is 0.404. The molecule has 0 saturated carbocycles. The van der Waals surface area contributed by atoms with Gasteiger partial charge in [0.1, 0.15) is 0 Å². The molecule has 0 radical (unpaired) electrons. The van der Waals surface area contributed by atoms with E-state index in [0.717, 1.165) is 0 Å². The molecule has 0 unspecified atom stereocenters. The van der Waals surface area contributed by atoms with Crippen molar-refractivity contribution in [3.63, 3.8) is 0 Å². The fraction of sp³-hybridized carbons (Fsp3) is 0. The molecule has 0 spiro atoms. The van der Waals surface area contributed by atoms with Crippen LogP contribution in [0.25, 0.3) is 0 Å². The second kappa shape index (κ2) is 18.1. The molecular formula is H4B2Cl2Ti. The zero-order valence-electron chi connectivity index (χ0n) is 3.26. The standard InChI is InChI=1S/B2H4.2ClH.Ti/c1-2;;;/h1-2H2;2*1H;/q;;;+2/p-2. The van der Waals surface area contributed by atoms with Gasteiger partial charge in [0.05, 0.1) is 15.5 Å². The first-order chi connectivity index (χ1) is 2.41. The van der Waals surface area contributed by atoms with Gasteiger partial charge in [-0.25, -0.2) is 0 Å². The van der Waals surface area contributed by atoms with Crippen molar-refractivity contribution >= 4 is 34.1 Å². The average molecular weight is 144 g/mol. The van der Waals surface area contributed by atoms with Crippen LogP contribution in [0, 0.1) is 0 Å². The van der Waals surface area contributed by atoms with Crippen molar-refractivity contribution < 1.29 is 17.0 Å². The fourth-order valence-electron chi connectivity index (χ4n) is 0. The third-order valence-electron chi connectivity index (χ3n) is 0. The Morgan fingerprint density at radius 3 is 1.20 bits per heavy atom. The van der Waals surface area contributed by atoms with Gasteiger partial charge in [-0.2, -0.15) is 0 Å². The second-order valence-electron chi connectivity index (χ2n) is 0.0714. The average Bonchev–Trinajstić information content (AvgIpc) is 1.46. The predicted molar refractivity (Wildman–Crippen MR) is 28.8 cm³/mol. The topological polar surface area (TPSA) is 0 Å². The van der Waals surface area contributed by atoms with Crippen LogP contribution in [-0.2, 0) is 17.0 Å². The maximum atomic E-state index is 4.89. The Morgan fingerprint density at radius 2 is 1.20 bits per heavy atom. The Kier molecular flexibility index (Phi) is 34.9. The van der Waals surface area contributed by atoms with Crippen LogP contribution in [0.5, 0.6) is 0 Å². The SMILES string of the molecule is BB.[Cl][Ti][Cl]. The molecule has 0 heterocycles. The maximum absolute atomic E-state index is 4.89. The summed E-state index contributed by atoms with van der Waals surface area (Å²) < 4.78 is 0. The molecule has 5 heteroatoms. The zero-order chi connectivity index (χ0) is 4.71. The molecule has 0 aliphatic heterocycles. The van der Waals surface area contributed by atoms with Gasteiger partial charge in [0.2, 0.25) is 0 Å². The van der Waals surface area contributed by atoms with Gasteiger partial charge >= 0.3 is 35.6 Å². The van der Waals surface area contributed by atoms with Crippen molar-refractivity contribution in [2.24, 2.45) is 0 Å². The van der Waals surface area contributed by atoms with Crippen LogP contribution in [-0.4, -0.2) is 15.5 Å². The van der Waals surface area contributed by atoms with Gasteiger partial charge in [-0.05, 0) is 0 Å². The predicted octanol–water partition coefficient (Wildman–Crippen LogP) is -0.456. The molecule has 0 saturated heterocycles. The van der Waals surface area contributed by atoms with Crippen LogP contribution in [0.1, 0.15) is 0 Å². The van der Waals surface area contributed by atoms with Gasteiger partial charge in [-0.1, -0.05) is 0 Å². The summed E-state index contributed by atoms with van der Waals surface area (Å²) in [6.07, 6.45) is 0. The van der Waals surface area contributed by atoms with E-state index in [9.17, 15) is 0 Å². The van der Waals surface area contributed by atoms with Crippen molar-refractivity contribution in [1.29, 1.82) is 0 Å². The van der Waals surface area contributed by atoms with E-state index in [1.165, 1.54) is 0 Å². The summed E-state index contributed by atoms with van der Waals surface area (Å²) in [6, 6.07) is 0. The summed E-state index contributed by atoms with van der Waals surface area (Å²) in [5, 5.41) is 0. The summed E-state index contributed by atoms with van der Waals surface area (Å²) in [4.78, 5) is 0. The molecule has 0 atom stereocenters. The van der Waals surface area contributed by atoms with E-state index in [4.69, 9.17) is 18.6 Å². The molecule has 0 aliphatic carbocycles. The van der Waals surface area contributed by atoms with E-state index in [-0.39, 0.29) is 0 Å². The number of hydrogen-bond donors (Lipinski definition) is 0. The van der Waals surface area contributed by atoms with Crippen molar-refractivity contribution in [3.05, 3.63) is 0 Å². The fourth-order valence-corrected chi connectivity index (χ4v) is 0. The van der Waals surface area contributed by atoms with Crippen LogP contribution in [0.2, 0.25) is 0 Å². The molecule has 0 bridgehead atoms. The van der Waals surface area contributed by atoms with Crippen LogP contribution in [0.3, 0.4) is 0 Å². The van der Waals surface area contributed by atoms with Gasteiger partial charge in [0, 0.05) is 0 Å². The second-order valence-corrected chi connectivity index (χ2v) is 2.65. The molecule has 0 N–H and O–H groups in total. The van der Waals surface area contributed by atoms with Gasteiger partial charge < -0.3 is 0 Å². The molecule has 0 rings (SSSR count). The first kappa shape index (κ1) is 9.66. The number of rotatable bonds is 0. The Bertz CT molecular complexity index is 7.61. The molecule has 0 aliphatic rings. The Hall–Kier alpha value is 1.42. The molecule has 0 fully saturated rings. The van der Waals surface area contributed by atoms with Crippen LogP contribution < -0.4 is 0 Å². The molecule has 0 aromatic carbocycles. The normalized spacial score (nSPS) is 3.60. The van der Waals surface area contributed by atoms with Gasteiger partial charge in [0.15, 0.2) is 0 Å². The minimum atomic E-state index is -0.556. The molecule has 0 amide bonds. The van der Waals surface area contributed by atoms with Gasteiger partial charge in [-0.15, -0.1) is 0 Å². The first-order valence-corrected chi connectivity index (χ1v) is 5.68. The first-order valence-electron chi connectivity index (χ1n) is 1.38.